The van der Waals surface area contributed by atoms with Crippen molar-refractivity contribution in [2.45, 2.75) is 64.0 Å². The number of nitrogens with one attached hydrogen (secondary N) is 1. The van der Waals surface area contributed by atoms with Crippen LogP contribution >= 0.6 is 0 Å². The molecule has 0 aromatic heterocycles. The lowest BCUT2D eigenvalue weighted by Crippen LogP contribution is -2.53. The second kappa shape index (κ2) is 5.45. The zero-order valence-corrected chi connectivity index (χ0v) is 13.1. The number of amides is 1. The Morgan fingerprint density at radius 3 is 2.62 bits per heavy atom. The fourth-order valence-corrected chi connectivity index (χ4v) is 3.33. The van der Waals surface area contributed by atoms with E-state index in [1.807, 2.05) is 13.8 Å². The Balaban J connectivity index is 1.70. The van der Waals surface area contributed by atoms with Crippen LogP contribution in [0.25, 0.3) is 0 Å². The minimum atomic E-state index is -0.720. The van der Waals surface area contributed by atoms with Crippen LogP contribution in [0.2, 0.25) is 0 Å². The Bertz CT molecular complexity index is 546. The lowest BCUT2D eigenvalue weighted by Gasteiger charge is -2.26. The van der Waals surface area contributed by atoms with E-state index in [4.69, 9.17) is 5.73 Å². The highest BCUT2D eigenvalue weighted by atomic mass is 16.2. The van der Waals surface area contributed by atoms with Crippen molar-refractivity contribution >= 4 is 5.91 Å². The van der Waals surface area contributed by atoms with Gasteiger partial charge >= 0.3 is 0 Å². The molecule has 1 fully saturated rings. The van der Waals surface area contributed by atoms with Gasteiger partial charge in [0.05, 0.1) is 11.6 Å². The zero-order chi connectivity index (χ0) is 15.0. The van der Waals surface area contributed by atoms with Gasteiger partial charge in [0.2, 0.25) is 5.91 Å². The molecule has 2 aliphatic rings. The van der Waals surface area contributed by atoms with Gasteiger partial charge in [0.15, 0.2) is 0 Å². The van der Waals surface area contributed by atoms with Crippen LogP contribution in [0, 0.1) is 5.92 Å². The van der Waals surface area contributed by atoms with Crippen molar-refractivity contribution in [3.8, 4) is 0 Å². The molecule has 0 aliphatic heterocycles. The van der Waals surface area contributed by atoms with Gasteiger partial charge in [-0.05, 0) is 75.0 Å². The first-order valence-corrected chi connectivity index (χ1v) is 8.20. The monoisotopic (exact) mass is 286 g/mol. The molecule has 0 radical (unpaired) electrons. The molecule has 3 nitrogen and oxygen atoms in total. The number of nitrogens with two attached hydrogens (primary N) is 1. The molecule has 3 N–H and O–H groups in total. The predicted octanol–water partition coefficient (Wildman–Crippen LogP) is 2.87. The van der Waals surface area contributed by atoms with Gasteiger partial charge in [-0.25, -0.2) is 0 Å². The van der Waals surface area contributed by atoms with E-state index < -0.39 is 5.54 Å². The van der Waals surface area contributed by atoms with E-state index in [9.17, 15) is 4.79 Å². The van der Waals surface area contributed by atoms with Gasteiger partial charge in [-0.15, -0.1) is 0 Å². The van der Waals surface area contributed by atoms with Crippen LogP contribution in [0.1, 0.15) is 62.3 Å². The maximum Gasteiger partial charge on any atom is 0.240 e. The lowest BCUT2D eigenvalue weighted by molar-refractivity contribution is -0.127. The zero-order valence-electron chi connectivity index (χ0n) is 13.1. The molecule has 1 saturated carbocycles. The second-order valence-electron chi connectivity index (χ2n) is 6.99. The van der Waals surface area contributed by atoms with E-state index >= 15 is 0 Å². The highest BCUT2D eigenvalue weighted by molar-refractivity contribution is 5.86. The first-order valence-electron chi connectivity index (χ1n) is 8.20. The topological polar surface area (TPSA) is 55.1 Å². The van der Waals surface area contributed by atoms with E-state index in [0.717, 1.165) is 12.8 Å². The van der Waals surface area contributed by atoms with Crippen molar-refractivity contribution in [3.63, 3.8) is 0 Å². The molecule has 114 valence electrons. The van der Waals surface area contributed by atoms with Crippen LogP contribution < -0.4 is 11.1 Å². The summed E-state index contributed by atoms with van der Waals surface area (Å²) in [6, 6.07) is 6.67. The average molecular weight is 286 g/mol. The molecule has 0 saturated heterocycles. The number of fused-ring (bicyclic) bond motifs is 1. The first-order chi connectivity index (χ1) is 9.98. The van der Waals surface area contributed by atoms with Crippen molar-refractivity contribution in [1.29, 1.82) is 0 Å². The molecular formula is C18H26N2O. The van der Waals surface area contributed by atoms with E-state index in [-0.39, 0.29) is 11.9 Å². The number of hydrogen-bond donors (Lipinski definition) is 2. The van der Waals surface area contributed by atoms with Gasteiger partial charge in [0.1, 0.15) is 0 Å². The smallest absolute Gasteiger partial charge is 0.240 e. The number of benzene rings is 1. The molecule has 2 aliphatic carbocycles. The minimum Gasteiger partial charge on any atom is -0.348 e. The molecule has 2 unspecified atom stereocenters. The third-order valence-corrected chi connectivity index (χ3v) is 5.13. The molecule has 1 aromatic carbocycles. The molecule has 1 amide bonds. The predicted molar refractivity (Wildman–Crippen MR) is 85.0 cm³/mol. The lowest BCUT2D eigenvalue weighted by atomic mass is 9.89. The number of hydrogen-bond acceptors (Lipinski definition) is 2. The van der Waals surface area contributed by atoms with E-state index in [2.05, 4.69) is 23.5 Å². The summed E-state index contributed by atoms with van der Waals surface area (Å²) in [5.41, 5.74) is 9.59. The van der Waals surface area contributed by atoms with Gasteiger partial charge in [-0.1, -0.05) is 18.2 Å². The molecule has 0 heterocycles. The fraction of sp³-hybridized carbons (Fsp3) is 0.611. The molecule has 2 atom stereocenters. The van der Waals surface area contributed by atoms with Gasteiger partial charge in [-0.3, -0.25) is 4.79 Å². The Kier molecular flexibility index (Phi) is 3.78. The number of carbonyl (C=O) groups excluding carboxylic acids is 1. The quantitative estimate of drug-likeness (QED) is 0.894. The van der Waals surface area contributed by atoms with Crippen LogP contribution in [0.5, 0.6) is 0 Å². The number of rotatable bonds is 4. The minimum absolute atomic E-state index is 0.0183. The van der Waals surface area contributed by atoms with Crippen molar-refractivity contribution in [2.24, 2.45) is 11.7 Å². The average Bonchev–Trinajstić information content (AvgIpc) is 3.31. The molecule has 3 rings (SSSR count). The van der Waals surface area contributed by atoms with Crippen LogP contribution in [0.4, 0.5) is 0 Å². The molecule has 1 aromatic rings. The highest BCUT2D eigenvalue weighted by Crippen LogP contribution is 2.38. The summed E-state index contributed by atoms with van der Waals surface area (Å²) in [5.74, 6) is 0.337. The summed E-state index contributed by atoms with van der Waals surface area (Å²) in [6.45, 7) is 3.91. The van der Waals surface area contributed by atoms with Crippen molar-refractivity contribution in [1.82, 2.24) is 5.32 Å². The van der Waals surface area contributed by atoms with Crippen molar-refractivity contribution < 1.29 is 4.79 Å². The summed E-state index contributed by atoms with van der Waals surface area (Å²) in [4.78, 5) is 12.4. The van der Waals surface area contributed by atoms with Gasteiger partial charge < -0.3 is 11.1 Å². The number of carbonyl (C=O) groups is 1. The Morgan fingerprint density at radius 2 is 1.95 bits per heavy atom. The van der Waals surface area contributed by atoms with E-state index in [1.54, 1.807) is 0 Å². The number of aryl methyl sites for hydroxylation is 2. The van der Waals surface area contributed by atoms with E-state index in [1.165, 1.54) is 42.4 Å². The normalized spacial score (nSPS) is 22.0. The van der Waals surface area contributed by atoms with Gasteiger partial charge in [-0.2, -0.15) is 0 Å². The Hall–Kier alpha value is -1.35. The maximum atomic E-state index is 12.4. The van der Waals surface area contributed by atoms with Gasteiger partial charge in [0, 0.05) is 0 Å². The second-order valence-corrected chi connectivity index (χ2v) is 6.99. The molecule has 3 heteroatoms. The fourth-order valence-electron chi connectivity index (χ4n) is 3.33. The molecule has 21 heavy (non-hydrogen) atoms. The summed E-state index contributed by atoms with van der Waals surface area (Å²) >= 11 is 0. The molecular weight excluding hydrogens is 260 g/mol. The summed E-state index contributed by atoms with van der Waals surface area (Å²) in [7, 11) is 0. The van der Waals surface area contributed by atoms with Crippen molar-refractivity contribution in [2.75, 3.05) is 0 Å². The molecule has 0 spiro atoms. The van der Waals surface area contributed by atoms with E-state index in [0.29, 0.717) is 5.92 Å². The highest BCUT2D eigenvalue weighted by Gasteiger charge is 2.44. The van der Waals surface area contributed by atoms with Crippen molar-refractivity contribution in [3.05, 3.63) is 34.9 Å². The van der Waals surface area contributed by atoms with Gasteiger partial charge in [0.25, 0.3) is 0 Å². The van der Waals surface area contributed by atoms with Crippen LogP contribution in [0.3, 0.4) is 0 Å². The third kappa shape index (κ3) is 2.98. The largest absolute Gasteiger partial charge is 0.348 e. The van der Waals surface area contributed by atoms with Crippen LogP contribution in [-0.2, 0) is 17.6 Å². The third-order valence-electron chi connectivity index (χ3n) is 5.13. The molecule has 0 bridgehead atoms. The standard InChI is InChI=1S/C18H26N2O/c1-12(20-17(21)18(2,19)16-9-10-16)14-8-7-13-5-3-4-6-15(13)11-14/h7-8,11-12,16H,3-6,9-10,19H2,1-2H3,(H,20,21). The SMILES string of the molecule is CC(NC(=O)C(C)(N)C1CC1)c1ccc2c(c1)CCCC2. The van der Waals surface area contributed by atoms with Crippen LogP contribution in [-0.4, -0.2) is 11.4 Å². The summed E-state index contributed by atoms with van der Waals surface area (Å²) in [5, 5.41) is 3.10. The summed E-state index contributed by atoms with van der Waals surface area (Å²) in [6.07, 6.45) is 7.09. The Labute approximate surface area is 127 Å². The van der Waals surface area contributed by atoms with Crippen LogP contribution in [0.15, 0.2) is 18.2 Å². The Morgan fingerprint density at radius 1 is 1.29 bits per heavy atom. The maximum absolute atomic E-state index is 12.4. The summed E-state index contributed by atoms with van der Waals surface area (Å²) < 4.78 is 0. The first kappa shape index (κ1) is 14.6.